The molecule has 1 unspecified atom stereocenters. The van der Waals surface area contributed by atoms with Crippen molar-refractivity contribution in [3.8, 4) is 5.75 Å². The largest absolute Gasteiger partial charge is 0.493 e. The van der Waals surface area contributed by atoms with Gasteiger partial charge in [-0.25, -0.2) is 9.59 Å². The topological polar surface area (TPSA) is 106 Å². The maximum absolute atomic E-state index is 13.4. The van der Waals surface area contributed by atoms with Crippen LogP contribution >= 0.6 is 23.2 Å². The minimum Gasteiger partial charge on any atom is -0.493 e. The summed E-state index contributed by atoms with van der Waals surface area (Å²) in [5.74, 6) is -1.02. The zero-order chi connectivity index (χ0) is 31.6. The van der Waals surface area contributed by atoms with Crippen LogP contribution < -0.4 is 20.7 Å². The van der Waals surface area contributed by atoms with Crippen LogP contribution in [-0.4, -0.2) is 37.1 Å². The molecule has 10 heteroatoms. The van der Waals surface area contributed by atoms with E-state index in [4.69, 9.17) is 32.7 Å². The van der Waals surface area contributed by atoms with E-state index in [9.17, 15) is 14.4 Å². The zero-order valence-electron chi connectivity index (χ0n) is 24.4. The molecule has 0 fully saturated rings. The van der Waals surface area contributed by atoms with Crippen LogP contribution in [0.4, 0.5) is 4.79 Å². The van der Waals surface area contributed by atoms with Gasteiger partial charge >= 0.3 is 12.0 Å². The lowest BCUT2D eigenvalue weighted by atomic mass is 10.1. The molecule has 0 spiro atoms. The Labute approximate surface area is 272 Å². The maximum atomic E-state index is 13.4. The quantitative estimate of drug-likeness (QED) is 0.154. The Morgan fingerprint density at radius 3 is 2.20 bits per heavy atom. The molecule has 45 heavy (non-hydrogen) atoms. The van der Waals surface area contributed by atoms with Gasteiger partial charge in [-0.05, 0) is 47.2 Å². The summed E-state index contributed by atoms with van der Waals surface area (Å²) in [6.07, 6.45) is 2.32. The number of benzene rings is 4. The van der Waals surface area contributed by atoms with Crippen molar-refractivity contribution in [1.82, 2.24) is 16.0 Å². The molecule has 232 valence electrons. The molecule has 3 N–H and O–H groups in total. The molecular weight excluding hydrogens is 613 g/mol. The number of rotatable bonds is 12. The average molecular weight is 647 g/mol. The number of nitrogens with one attached hydrogen (secondary N) is 3. The first-order valence-electron chi connectivity index (χ1n) is 14.7. The summed E-state index contributed by atoms with van der Waals surface area (Å²) < 4.78 is 11.3. The number of halogens is 2. The minimum absolute atomic E-state index is 0.00632. The molecule has 0 radical (unpaired) electrons. The van der Waals surface area contributed by atoms with Crippen LogP contribution in [0.25, 0.3) is 0 Å². The van der Waals surface area contributed by atoms with Crippen molar-refractivity contribution in [2.75, 3.05) is 13.2 Å². The number of urea groups is 1. The molecule has 0 aromatic heterocycles. The molecule has 5 rings (SSSR count). The first kappa shape index (κ1) is 31.9. The number of esters is 1. The highest BCUT2D eigenvalue weighted by Crippen LogP contribution is 2.31. The SMILES string of the molecule is O=C(NCC(NC(=O)c1c(Cl)cc(OCCc2ccccc2)cc1Cl)C(=O)OCc1ccccc1)N[C@@H]1CCc2ccccc21. The van der Waals surface area contributed by atoms with Gasteiger partial charge in [-0.1, -0.05) is 108 Å². The van der Waals surface area contributed by atoms with Gasteiger partial charge in [0.2, 0.25) is 0 Å². The van der Waals surface area contributed by atoms with E-state index in [2.05, 4.69) is 16.0 Å². The fraction of sp³-hybridized carbons (Fsp3) is 0.229. The number of carbonyl (C=O) groups excluding carboxylic acids is 3. The Kier molecular flexibility index (Phi) is 11.0. The zero-order valence-corrected chi connectivity index (χ0v) is 25.9. The van der Waals surface area contributed by atoms with E-state index in [1.807, 2.05) is 84.9 Å². The second-order valence-corrected chi connectivity index (χ2v) is 11.4. The van der Waals surface area contributed by atoms with Crippen molar-refractivity contribution in [3.05, 3.63) is 135 Å². The third-order valence-electron chi connectivity index (χ3n) is 7.46. The molecular formula is C35H33Cl2N3O5. The first-order valence-corrected chi connectivity index (χ1v) is 15.4. The van der Waals surface area contributed by atoms with Gasteiger partial charge in [-0.3, -0.25) is 4.79 Å². The summed E-state index contributed by atoms with van der Waals surface area (Å²) in [6.45, 7) is 0.154. The van der Waals surface area contributed by atoms with E-state index in [1.54, 1.807) is 0 Å². The van der Waals surface area contributed by atoms with Gasteiger partial charge in [0, 0.05) is 6.42 Å². The van der Waals surface area contributed by atoms with Gasteiger partial charge < -0.3 is 25.4 Å². The van der Waals surface area contributed by atoms with Crippen LogP contribution in [0, 0.1) is 0 Å². The summed E-state index contributed by atoms with van der Waals surface area (Å²) in [4.78, 5) is 39.4. The van der Waals surface area contributed by atoms with Gasteiger partial charge in [0.25, 0.3) is 5.91 Å². The molecule has 0 saturated heterocycles. The second-order valence-electron chi connectivity index (χ2n) is 10.6. The number of ether oxygens (including phenoxy) is 2. The summed E-state index contributed by atoms with van der Waals surface area (Å²) in [6, 6.07) is 28.1. The molecule has 0 saturated carbocycles. The predicted molar refractivity (Wildman–Crippen MR) is 174 cm³/mol. The number of amides is 3. The highest BCUT2D eigenvalue weighted by atomic mass is 35.5. The molecule has 8 nitrogen and oxygen atoms in total. The monoisotopic (exact) mass is 645 g/mol. The molecule has 0 heterocycles. The second kappa shape index (κ2) is 15.5. The normalized spacial score (nSPS) is 14.1. The smallest absolute Gasteiger partial charge is 0.330 e. The Hall–Kier alpha value is -4.53. The van der Waals surface area contributed by atoms with E-state index >= 15 is 0 Å². The Bertz CT molecular complexity index is 1610. The van der Waals surface area contributed by atoms with Crippen molar-refractivity contribution in [3.63, 3.8) is 0 Å². The third kappa shape index (κ3) is 8.77. The highest BCUT2D eigenvalue weighted by molar-refractivity contribution is 6.40. The Balaban J connectivity index is 1.23. The number of aryl methyl sites for hydroxylation is 1. The van der Waals surface area contributed by atoms with Gasteiger partial charge in [-0.15, -0.1) is 0 Å². The van der Waals surface area contributed by atoms with Crippen molar-refractivity contribution in [2.24, 2.45) is 0 Å². The summed E-state index contributed by atoms with van der Waals surface area (Å²) in [5.41, 5.74) is 4.12. The van der Waals surface area contributed by atoms with Crippen LogP contribution in [-0.2, 0) is 29.0 Å². The van der Waals surface area contributed by atoms with Gasteiger partial charge in [0.05, 0.1) is 34.8 Å². The Morgan fingerprint density at radius 2 is 1.49 bits per heavy atom. The molecule has 3 amide bonds. The van der Waals surface area contributed by atoms with E-state index in [-0.39, 0.29) is 34.8 Å². The summed E-state index contributed by atoms with van der Waals surface area (Å²) in [7, 11) is 0. The molecule has 4 aromatic carbocycles. The van der Waals surface area contributed by atoms with Crippen LogP contribution in [0.2, 0.25) is 10.0 Å². The molecule has 0 bridgehead atoms. The van der Waals surface area contributed by atoms with Crippen molar-refractivity contribution >= 4 is 41.1 Å². The van der Waals surface area contributed by atoms with E-state index in [0.29, 0.717) is 18.8 Å². The van der Waals surface area contributed by atoms with Crippen molar-refractivity contribution in [2.45, 2.75) is 38.0 Å². The number of carbonyl (C=O) groups is 3. The Morgan fingerprint density at radius 1 is 0.844 bits per heavy atom. The highest BCUT2D eigenvalue weighted by Gasteiger charge is 2.28. The average Bonchev–Trinajstić information content (AvgIpc) is 3.45. The standard InChI is InChI=1S/C35H33Cl2N3O5/c36-28-19-26(44-18-17-23-9-3-1-4-10-23)20-29(37)32(28)33(41)39-31(34(42)45-22-24-11-5-2-6-12-24)21-38-35(43)40-30-16-15-25-13-7-8-14-27(25)30/h1-14,19-20,30-31H,15-18,21-22H2,(H,39,41)(H2,38,40,43)/t30-,31?/m1/s1. The lowest BCUT2D eigenvalue weighted by molar-refractivity contribution is -0.147. The molecule has 1 aliphatic rings. The van der Waals surface area contributed by atoms with Crippen molar-refractivity contribution < 1.29 is 23.9 Å². The van der Waals surface area contributed by atoms with Crippen LogP contribution in [0.3, 0.4) is 0 Å². The number of hydrogen-bond acceptors (Lipinski definition) is 5. The predicted octanol–water partition coefficient (Wildman–Crippen LogP) is 6.44. The molecule has 1 aliphatic carbocycles. The van der Waals surface area contributed by atoms with Crippen LogP contribution in [0.15, 0.2) is 97.1 Å². The number of hydrogen-bond donors (Lipinski definition) is 3. The lowest BCUT2D eigenvalue weighted by Crippen LogP contribution is -2.51. The van der Waals surface area contributed by atoms with Crippen LogP contribution in [0.1, 0.15) is 45.1 Å². The van der Waals surface area contributed by atoms with E-state index in [1.165, 1.54) is 17.7 Å². The van der Waals surface area contributed by atoms with Gasteiger partial charge in [-0.2, -0.15) is 0 Å². The summed E-state index contributed by atoms with van der Waals surface area (Å²) >= 11 is 12.9. The molecule has 4 aromatic rings. The number of fused-ring (bicyclic) bond motifs is 1. The van der Waals surface area contributed by atoms with Crippen molar-refractivity contribution in [1.29, 1.82) is 0 Å². The van der Waals surface area contributed by atoms with Crippen LogP contribution in [0.5, 0.6) is 5.75 Å². The van der Waals surface area contributed by atoms with E-state index in [0.717, 1.165) is 29.5 Å². The fourth-order valence-corrected chi connectivity index (χ4v) is 5.78. The first-order chi connectivity index (χ1) is 21.9. The molecule has 2 atom stereocenters. The van der Waals surface area contributed by atoms with Gasteiger partial charge in [0.15, 0.2) is 0 Å². The van der Waals surface area contributed by atoms with E-state index < -0.39 is 23.9 Å². The lowest BCUT2D eigenvalue weighted by Gasteiger charge is -2.21. The fourth-order valence-electron chi connectivity index (χ4n) is 5.15. The maximum Gasteiger partial charge on any atom is 0.330 e. The third-order valence-corrected chi connectivity index (χ3v) is 8.06. The molecule has 0 aliphatic heterocycles. The minimum atomic E-state index is -1.23. The van der Waals surface area contributed by atoms with Gasteiger partial charge in [0.1, 0.15) is 18.4 Å². The summed E-state index contributed by atoms with van der Waals surface area (Å²) in [5, 5.41) is 8.39.